The molecule has 0 saturated heterocycles. The minimum absolute atomic E-state index is 0.800. The standard InChI is InChI=1S/C31H25N3S3/c1-6-16-26(17-7-1)33(36-29-22-12-4-13-23-29)31(32-35-28-20-10-3-11-21-28)34(27-18-8-2-9-19-27)37-30-24-14-5-15-25-30/h1-25H. The zero-order valence-electron chi connectivity index (χ0n) is 20.0. The molecule has 0 radical (unpaired) electrons. The summed E-state index contributed by atoms with van der Waals surface area (Å²) in [6.45, 7) is 0. The maximum atomic E-state index is 5.18. The van der Waals surface area contributed by atoms with Gasteiger partial charge >= 0.3 is 0 Å². The van der Waals surface area contributed by atoms with Crippen molar-refractivity contribution in [3.63, 3.8) is 0 Å². The first-order chi connectivity index (χ1) is 18.4. The number of para-hydroxylation sites is 2. The van der Waals surface area contributed by atoms with Gasteiger partial charge < -0.3 is 0 Å². The SMILES string of the molecule is c1ccc(SN=C(N(Sc2ccccc2)c2ccccc2)N(Sc2ccccc2)c2ccccc2)cc1. The van der Waals surface area contributed by atoms with Crippen molar-refractivity contribution in [3.8, 4) is 0 Å². The molecule has 0 aliphatic rings. The molecule has 0 aromatic heterocycles. The van der Waals surface area contributed by atoms with Gasteiger partial charge in [-0.2, -0.15) is 4.40 Å². The van der Waals surface area contributed by atoms with E-state index in [2.05, 4.69) is 118 Å². The van der Waals surface area contributed by atoms with E-state index < -0.39 is 0 Å². The summed E-state index contributed by atoms with van der Waals surface area (Å²) >= 11 is 4.78. The molecule has 0 spiro atoms. The van der Waals surface area contributed by atoms with Crippen molar-refractivity contribution in [1.29, 1.82) is 0 Å². The lowest BCUT2D eigenvalue weighted by Gasteiger charge is -2.32. The van der Waals surface area contributed by atoms with Crippen LogP contribution in [0.2, 0.25) is 0 Å². The van der Waals surface area contributed by atoms with E-state index in [4.69, 9.17) is 4.40 Å². The first kappa shape index (κ1) is 25.1. The van der Waals surface area contributed by atoms with E-state index in [0.717, 1.165) is 32.0 Å². The first-order valence-corrected chi connectivity index (χ1v) is 14.2. The number of rotatable bonds is 8. The monoisotopic (exact) mass is 535 g/mol. The van der Waals surface area contributed by atoms with Gasteiger partial charge in [0.25, 0.3) is 0 Å². The van der Waals surface area contributed by atoms with Crippen LogP contribution in [0.4, 0.5) is 11.4 Å². The molecular formula is C31H25N3S3. The summed E-state index contributed by atoms with van der Waals surface area (Å²) in [6.07, 6.45) is 0. The minimum atomic E-state index is 0.800. The van der Waals surface area contributed by atoms with E-state index in [9.17, 15) is 0 Å². The Kier molecular flexibility index (Phi) is 8.88. The van der Waals surface area contributed by atoms with Crippen molar-refractivity contribution < 1.29 is 0 Å². The topological polar surface area (TPSA) is 18.8 Å². The van der Waals surface area contributed by atoms with Crippen LogP contribution < -0.4 is 8.61 Å². The molecule has 6 heteroatoms. The lowest BCUT2D eigenvalue weighted by atomic mass is 10.3. The van der Waals surface area contributed by atoms with Crippen LogP contribution in [0, 0.1) is 0 Å². The second-order valence-electron chi connectivity index (χ2n) is 7.86. The molecule has 0 aliphatic carbocycles. The molecule has 0 aliphatic heterocycles. The van der Waals surface area contributed by atoms with Crippen LogP contribution in [0.3, 0.4) is 0 Å². The fourth-order valence-electron chi connectivity index (χ4n) is 3.45. The van der Waals surface area contributed by atoms with Gasteiger partial charge in [0.1, 0.15) is 0 Å². The average Bonchev–Trinajstić information content (AvgIpc) is 2.98. The summed E-state index contributed by atoms with van der Waals surface area (Å²) < 4.78 is 9.59. The predicted molar refractivity (Wildman–Crippen MR) is 162 cm³/mol. The molecule has 182 valence electrons. The molecule has 0 heterocycles. The largest absolute Gasteiger partial charge is 0.248 e. The Morgan fingerprint density at radius 1 is 0.405 bits per heavy atom. The number of hydrogen-bond donors (Lipinski definition) is 0. The summed E-state index contributed by atoms with van der Waals surface area (Å²) in [5, 5.41) is 0. The highest BCUT2D eigenvalue weighted by atomic mass is 32.2. The molecule has 0 unspecified atom stereocenters. The molecule has 5 aromatic carbocycles. The van der Waals surface area contributed by atoms with Gasteiger partial charge in [0.2, 0.25) is 5.96 Å². The van der Waals surface area contributed by atoms with Crippen molar-refractivity contribution in [2.75, 3.05) is 8.61 Å². The van der Waals surface area contributed by atoms with Crippen LogP contribution in [-0.4, -0.2) is 5.96 Å². The second kappa shape index (κ2) is 13.1. The third-order valence-corrected chi connectivity index (χ3v) is 8.02. The molecule has 0 bridgehead atoms. The van der Waals surface area contributed by atoms with Crippen molar-refractivity contribution >= 4 is 53.2 Å². The van der Waals surface area contributed by atoms with Gasteiger partial charge in [0.05, 0.1) is 11.4 Å². The van der Waals surface area contributed by atoms with Crippen LogP contribution in [0.1, 0.15) is 0 Å². The minimum Gasteiger partial charge on any atom is -0.248 e. The molecule has 0 N–H and O–H groups in total. The quantitative estimate of drug-likeness (QED) is 0.112. The van der Waals surface area contributed by atoms with Crippen LogP contribution in [-0.2, 0) is 0 Å². The molecule has 0 fully saturated rings. The van der Waals surface area contributed by atoms with Crippen LogP contribution >= 0.6 is 35.8 Å². The van der Waals surface area contributed by atoms with Crippen molar-refractivity contribution in [1.82, 2.24) is 0 Å². The summed E-state index contributed by atoms with van der Waals surface area (Å²) in [4.78, 5) is 3.33. The molecule has 37 heavy (non-hydrogen) atoms. The highest BCUT2D eigenvalue weighted by Crippen LogP contribution is 2.37. The molecule has 0 amide bonds. The van der Waals surface area contributed by atoms with Crippen molar-refractivity contribution in [2.45, 2.75) is 14.7 Å². The van der Waals surface area contributed by atoms with E-state index in [1.165, 1.54) is 11.9 Å². The Morgan fingerprint density at radius 3 is 1.11 bits per heavy atom. The maximum Gasteiger partial charge on any atom is 0.239 e. The summed E-state index contributed by atoms with van der Waals surface area (Å²) in [5.74, 6) is 0.800. The molecule has 0 saturated carbocycles. The van der Waals surface area contributed by atoms with Gasteiger partial charge in [-0.3, -0.25) is 0 Å². The lowest BCUT2D eigenvalue weighted by molar-refractivity contribution is 1.36. The number of guanidine groups is 1. The van der Waals surface area contributed by atoms with E-state index in [0.29, 0.717) is 0 Å². The smallest absolute Gasteiger partial charge is 0.239 e. The van der Waals surface area contributed by atoms with Gasteiger partial charge in [-0.15, -0.1) is 0 Å². The van der Waals surface area contributed by atoms with E-state index in [1.54, 1.807) is 23.9 Å². The van der Waals surface area contributed by atoms with Crippen molar-refractivity contribution in [2.24, 2.45) is 4.40 Å². The second-order valence-corrected chi connectivity index (χ2v) is 10.7. The van der Waals surface area contributed by atoms with Gasteiger partial charge in [-0.25, -0.2) is 8.61 Å². The fourth-order valence-corrected chi connectivity index (χ4v) is 6.08. The fraction of sp³-hybridized carbons (Fsp3) is 0. The number of anilines is 2. The Hall–Kier alpha value is -3.58. The molecule has 3 nitrogen and oxygen atoms in total. The van der Waals surface area contributed by atoms with Crippen molar-refractivity contribution in [3.05, 3.63) is 152 Å². The third-order valence-electron chi connectivity index (χ3n) is 5.20. The van der Waals surface area contributed by atoms with Gasteiger partial charge in [0, 0.05) is 26.6 Å². The van der Waals surface area contributed by atoms with Crippen LogP contribution in [0.25, 0.3) is 0 Å². The summed E-state index contributed by atoms with van der Waals surface area (Å²) in [6, 6.07) is 51.9. The molecule has 5 aromatic rings. The Morgan fingerprint density at radius 2 is 0.730 bits per heavy atom. The molecular weight excluding hydrogens is 511 g/mol. The Bertz CT molecular complexity index is 1300. The van der Waals surface area contributed by atoms with E-state index in [-0.39, 0.29) is 0 Å². The number of benzene rings is 5. The normalized spacial score (nSPS) is 10.5. The molecule has 5 rings (SSSR count). The zero-order valence-corrected chi connectivity index (χ0v) is 22.4. The van der Waals surface area contributed by atoms with Crippen LogP contribution in [0.15, 0.2) is 171 Å². The van der Waals surface area contributed by atoms with E-state index >= 15 is 0 Å². The number of hydrogen-bond acceptors (Lipinski definition) is 4. The average molecular weight is 536 g/mol. The predicted octanol–water partition coefficient (Wildman–Crippen LogP) is 9.48. The summed E-state index contributed by atoms with van der Waals surface area (Å²) in [7, 11) is 0. The van der Waals surface area contributed by atoms with Gasteiger partial charge in [0.15, 0.2) is 0 Å². The zero-order chi connectivity index (χ0) is 25.1. The molecule has 0 atom stereocenters. The Balaban J connectivity index is 1.64. The highest BCUT2D eigenvalue weighted by molar-refractivity contribution is 8.03. The number of nitrogens with zero attached hydrogens (tertiary/aromatic N) is 3. The van der Waals surface area contributed by atoms with Gasteiger partial charge in [-0.1, -0.05) is 91.0 Å². The lowest BCUT2D eigenvalue weighted by Crippen LogP contribution is -2.37. The summed E-state index contributed by atoms with van der Waals surface area (Å²) in [5.41, 5.74) is 2.08. The van der Waals surface area contributed by atoms with Crippen LogP contribution in [0.5, 0.6) is 0 Å². The third kappa shape index (κ3) is 7.01. The maximum absolute atomic E-state index is 5.18. The first-order valence-electron chi connectivity index (χ1n) is 11.8. The Labute approximate surface area is 231 Å². The van der Waals surface area contributed by atoms with Gasteiger partial charge in [-0.05, 0) is 84.6 Å². The van der Waals surface area contributed by atoms with E-state index in [1.807, 2.05) is 42.5 Å². The highest BCUT2D eigenvalue weighted by Gasteiger charge is 2.25.